The van der Waals surface area contributed by atoms with Gasteiger partial charge in [-0.25, -0.2) is 0 Å². The van der Waals surface area contributed by atoms with E-state index in [-0.39, 0.29) is 37.1 Å². The minimum absolute atomic E-state index is 0.0221. The maximum atomic E-state index is 13.0. The van der Waals surface area contributed by atoms with Crippen molar-refractivity contribution in [3.63, 3.8) is 0 Å². The summed E-state index contributed by atoms with van der Waals surface area (Å²) in [5.41, 5.74) is 2.52. The van der Waals surface area contributed by atoms with Crippen molar-refractivity contribution in [3.8, 4) is 5.75 Å². The van der Waals surface area contributed by atoms with Crippen LogP contribution in [-0.4, -0.2) is 57.2 Å². The minimum Gasteiger partial charge on any atom is -0.482 e. The molecule has 2 atom stereocenters. The fourth-order valence-corrected chi connectivity index (χ4v) is 3.56. The molecule has 3 rings (SSSR count). The number of fused-ring (bicyclic) bond motifs is 1. The summed E-state index contributed by atoms with van der Waals surface area (Å²) in [6.07, 6.45) is -1.80. The van der Waals surface area contributed by atoms with Gasteiger partial charge in [-0.2, -0.15) is 13.2 Å². The van der Waals surface area contributed by atoms with E-state index in [1.807, 2.05) is 0 Å². The third-order valence-electron chi connectivity index (χ3n) is 5.34. The minimum atomic E-state index is -4.45. The van der Waals surface area contributed by atoms with Gasteiger partial charge in [0.1, 0.15) is 5.75 Å². The lowest BCUT2D eigenvalue weighted by Crippen LogP contribution is -2.36. The SMILES string of the molecule is Cc1cc(C(C)N2Cc3c(ccnc3CC(=O)N[C@@H](C)CO)C2=O)ncc1OCC(F)(F)F. The van der Waals surface area contributed by atoms with Crippen LogP contribution in [0.3, 0.4) is 0 Å². The first-order chi connectivity index (χ1) is 15.5. The molecule has 0 saturated carbocycles. The predicted octanol–water partition coefficient (Wildman–Crippen LogP) is 2.48. The molecule has 1 aliphatic heterocycles. The molecule has 0 spiro atoms. The first-order valence-electron chi connectivity index (χ1n) is 10.3. The average molecular weight is 466 g/mol. The number of hydrogen-bond acceptors (Lipinski definition) is 6. The number of nitrogens with one attached hydrogen (secondary N) is 1. The molecule has 2 amide bonds. The molecule has 2 N–H and O–H groups in total. The number of aliphatic hydroxyl groups excluding tert-OH is 1. The molecule has 178 valence electrons. The maximum Gasteiger partial charge on any atom is 0.422 e. The van der Waals surface area contributed by atoms with Crippen LogP contribution in [0.25, 0.3) is 0 Å². The van der Waals surface area contributed by atoms with E-state index >= 15 is 0 Å². The number of ether oxygens (including phenoxy) is 1. The molecule has 0 aliphatic carbocycles. The summed E-state index contributed by atoms with van der Waals surface area (Å²) in [6.45, 7) is 3.66. The van der Waals surface area contributed by atoms with Gasteiger partial charge in [0.25, 0.3) is 5.91 Å². The number of amides is 2. The van der Waals surface area contributed by atoms with Crippen LogP contribution in [0.15, 0.2) is 24.5 Å². The molecule has 11 heteroatoms. The molecule has 0 radical (unpaired) electrons. The summed E-state index contributed by atoms with van der Waals surface area (Å²) in [4.78, 5) is 35.3. The fourth-order valence-electron chi connectivity index (χ4n) is 3.56. The Bertz CT molecular complexity index is 1040. The van der Waals surface area contributed by atoms with Gasteiger partial charge in [-0.15, -0.1) is 0 Å². The molecule has 1 unspecified atom stereocenters. The van der Waals surface area contributed by atoms with Crippen molar-refractivity contribution in [3.05, 3.63) is 52.6 Å². The fraction of sp³-hybridized carbons (Fsp3) is 0.455. The normalized spacial score (nSPS) is 15.2. The van der Waals surface area contributed by atoms with E-state index in [9.17, 15) is 22.8 Å². The smallest absolute Gasteiger partial charge is 0.422 e. The Kier molecular flexibility index (Phi) is 7.21. The lowest BCUT2D eigenvalue weighted by molar-refractivity contribution is -0.153. The zero-order valence-electron chi connectivity index (χ0n) is 18.4. The summed E-state index contributed by atoms with van der Waals surface area (Å²) in [5.74, 6) is -0.542. The zero-order valence-corrected chi connectivity index (χ0v) is 18.4. The van der Waals surface area contributed by atoms with Crippen molar-refractivity contribution in [1.82, 2.24) is 20.2 Å². The first kappa shape index (κ1) is 24.4. The second-order valence-corrected chi connectivity index (χ2v) is 8.00. The number of carbonyl (C=O) groups is 2. The molecule has 2 aromatic rings. The Morgan fingerprint density at radius 3 is 2.70 bits per heavy atom. The molecule has 33 heavy (non-hydrogen) atoms. The van der Waals surface area contributed by atoms with Crippen molar-refractivity contribution in [1.29, 1.82) is 0 Å². The third kappa shape index (κ3) is 5.78. The Labute approximate surface area is 188 Å². The average Bonchev–Trinajstić information content (AvgIpc) is 3.09. The zero-order chi connectivity index (χ0) is 24.3. The molecule has 2 aromatic heterocycles. The monoisotopic (exact) mass is 466 g/mol. The van der Waals surface area contributed by atoms with Gasteiger partial charge in [-0.1, -0.05) is 0 Å². The highest BCUT2D eigenvalue weighted by Crippen LogP contribution is 2.33. The van der Waals surface area contributed by atoms with E-state index in [1.54, 1.807) is 37.8 Å². The largest absolute Gasteiger partial charge is 0.482 e. The second-order valence-electron chi connectivity index (χ2n) is 8.00. The van der Waals surface area contributed by atoms with Crippen molar-refractivity contribution >= 4 is 11.8 Å². The summed E-state index contributed by atoms with van der Waals surface area (Å²) in [5, 5.41) is 11.8. The lowest BCUT2D eigenvalue weighted by atomic mass is 10.1. The number of rotatable bonds is 8. The number of nitrogens with zero attached hydrogens (tertiary/aromatic N) is 3. The van der Waals surface area contributed by atoms with E-state index in [4.69, 9.17) is 9.84 Å². The van der Waals surface area contributed by atoms with Gasteiger partial charge < -0.3 is 20.1 Å². The van der Waals surface area contributed by atoms with Gasteiger partial charge in [0.05, 0.1) is 36.7 Å². The predicted molar refractivity (Wildman–Crippen MR) is 111 cm³/mol. The van der Waals surface area contributed by atoms with Gasteiger partial charge in [-0.3, -0.25) is 19.6 Å². The van der Waals surface area contributed by atoms with Crippen LogP contribution in [0.5, 0.6) is 5.75 Å². The van der Waals surface area contributed by atoms with E-state index in [2.05, 4.69) is 15.3 Å². The maximum absolute atomic E-state index is 13.0. The van der Waals surface area contributed by atoms with Crippen LogP contribution in [0.2, 0.25) is 0 Å². The summed E-state index contributed by atoms with van der Waals surface area (Å²) in [6, 6.07) is 2.31. The van der Waals surface area contributed by atoms with Crippen LogP contribution in [0, 0.1) is 6.92 Å². The van der Waals surface area contributed by atoms with E-state index < -0.39 is 24.9 Å². The highest BCUT2D eigenvalue weighted by atomic mass is 19.4. The Balaban J connectivity index is 1.76. The van der Waals surface area contributed by atoms with Crippen LogP contribution in [-0.2, 0) is 17.8 Å². The standard InChI is InChI=1S/C22H25F3N4O4/c1-12-6-17(27-8-19(12)33-11-22(23,24)25)14(3)29-9-16-15(21(29)32)4-5-26-18(16)7-20(31)28-13(2)10-30/h4-6,8,13-14,30H,7,9-11H2,1-3H3,(H,28,31)/t13-,14?/m0/s1. The number of alkyl halides is 3. The number of hydrogen-bond donors (Lipinski definition) is 2. The van der Waals surface area contributed by atoms with Crippen molar-refractivity contribution in [2.75, 3.05) is 13.2 Å². The summed E-state index contributed by atoms with van der Waals surface area (Å²) < 4.78 is 42.0. The Hall–Kier alpha value is -3.21. The number of carbonyl (C=O) groups excluding carboxylic acids is 2. The summed E-state index contributed by atoms with van der Waals surface area (Å²) >= 11 is 0. The highest BCUT2D eigenvalue weighted by molar-refractivity contribution is 5.99. The molecule has 0 saturated heterocycles. The second kappa shape index (κ2) is 9.74. The Morgan fingerprint density at radius 1 is 1.33 bits per heavy atom. The van der Waals surface area contributed by atoms with Gasteiger partial charge >= 0.3 is 6.18 Å². The number of aliphatic hydroxyl groups is 1. The number of aryl methyl sites for hydroxylation is 1. The molecular weight excluding hydrogens is 441 g/mol. The van der Waals surface area contributed by atoms with Gasteiger partial charge in [0, 0.05) is 29.9 Å². The molecule has 0 aromatic carbocycles. The van der Waals surface area contributed by atoms with Crippen LogP contribution in [0.1, 0.15) is 52.8 Å². The quantitative estimate of drug-likeness (QED) is 0.620. The molecule has 0 fully saturated rings. The molecular formula is C22H25F3N4O4. The molecule has 0 bridgehead atoms. The third-order valence-corrected chi connectivity index (χ3v) is 5.34. The van der Waals surface area contributed by atoms with Gasteiger partial charge in [-0.05, 0) is 38.5 Å². The van der Waals surface area contributed by atoms with Crippen LogP contribution < -0.4 is 10.1 Å². The van der Waals surface area contributed by atoms with E-state index in [1.165, 1.54) is 12.4 Å². The molecule has 1 aliphatic rings. The number of aromatic nitrogens is 2. The van der Waals surface area contributed by atoms with Crippen molar-refractivity contribution in [2.24, 2.45) is 0 Å². The van der Waals surface area contributed by atoms with Crippen molar-refractivity contribution in [2.45, 2.75) is 52.0 Å². The van der Waals surface area contributed by atoms with E-state index in [0.29, 0.717) is 28.1 Å². The number of pyridine rings is 2. The first-order valence-corrected chi connectivity index (χ1v) is 10.3. The molecule has 8 nitrogen and oxygen atoms in total. The highest BCUT2D eigenvalue weighted by Gasteiger charge is 2.34. The lowest BCUT2D eigenvalue weighted by Gasteiger charge is -2.24. The Morgan fingerprint density at radius 2 is 2.06 bits per heavy atom. The molecule has 3 heterocycles. The van der Waals surface area contributed by atoms with Crippen molar-refractivity contribution < 1.29 is 32.6 Å². The summed E-state index contributed by atoms with van der Waals surface area (Å²) in [7, 11) is 0. The van der Waals surface area contributed by atoms with Gasteiger partial charge in [0.2, 0.25) is 5.91 Å². The van der Waals surface area contributed by atoms with Crippen LogP contribution in [0.4, 0.5) is 13.2 Å². The van der Waals surface area contributed by atoms with Crippen LogP contribution >= 0.6 is 0 Å². The van der Waals surface area contributed by atoms with E-state index in [0.717, 1.165) is 0 Å². The number of halogens is 3. The van der Waals surface area contributed by atoms with Gasteiger partial charge in [0.15, 0.2) is 6.61 Å². The topological polar surface area (TPSA) is 105 Å².